The van der Waals surface area contributed by atoms with Crippen molar-refractivity contribution in [1.29, 1.82) is 0 Å². The standard InChI is InChI=1S/C12H25NO2/c1-10(2)13-7-5-12(14,6-8-13)9-15-11(3)4/h10-11,14H,5-9H2,1-4H3. The van der Waals surface area contributed by atoms with Gasteiger partial charge >= 0.3 is 0 Å². The molecule has 15 heavy (non-hydrogen) atoms. The van der Waals surface area contributed by atoms with Crippen molar-refractivity contribution in [3.8, 4) is 0 Å². The van der Waals surface area contributed by atoms with Crippen molar-refractivity contribution in [2.45, 2.75) is 58.3 Å². The molecule has 1 aliphatic rings. The van der Waals surface area contributed by atoms with Gasteiger partial charge in [-0.15, -0.1) is 0 Å². The third-order valence-corrected chi connectivity index (χ3v) is 3.14. The van der Waals surface area contributed by atoms with E-state index in [0.717, 1.165) is 25.9 Å². The van der Waals surface area contributed by atoms with Crippen molar-refractivity contribution in [3.05, 3.63) is 0 Å². The molecule has 0 aromatic rings. The average molecular weight is 215 g/mol. The number of piperidine rings is 1. The minimum absolute atomic E-state index is 0.206. The van der Waals surface area contributed by atoms with Gasteiger partial charge in [-0.05, 0) is 40.5 Å². The fraction of sp³-hybridized carbons (Fsp3) is 1.00. The van der Waals surface area contributed by atoms with Gasteiger partial charge in [0.15, 0.2) is 0 Å². The summed E-state index contributed by atoms with van der Waals surface area (Å²) in [5.41, 5.74) is -0.588. The molecule has 0 aromatic heterocycles. The lowest BCUT2D eigenvalue weighted by molar-refractivity contribution is -0.0973. The van der Waals surface area contributed by atoms with Gasteiger partial charge in [0.2, 0.25) is 0 Å². The first kappa shape index (κ1) is 12.9. The maximum absolute atomic E-state index is 10.3. The first-order valence-corrected chi connectivity index (χ1v) is 6.01. The molecule has 0 unspecified atom stereocenters. The Kier molecular flexibility index (Phi) is 4.56. The summed E-state index contributed by atoms with van der Waals surface area (Å²) in [6, 6.07) is 0.584. The van der Waals surface area contributed by atoms with Crippen LogP contribution in [0, 0.1) is 0 Å². The quantitative estimate of drug-likeness (QED) is 0.774. The van der Waals surface area contributed by atoms with Crippen LogP contribution in [0.4, 0.5) is 0 Å². The fourth-order valence-corrected chi connectivity index (χ4v) is 1.92. The van der Waals surface area contributed by atoms with E-state index >= 15 is 0 Å². The Balaban J connectivity index is 2.34. The largest absolute Gasteiger partial charge is 0.387 e. The molecule has 3 nitrogen and oxygen atoms in total. The molecule has 1 heterocycles. The lowest BCUT2D eigenvalue weighted by Crippen LogP contribution is -2.49. The molecule has 1 N–H and O–H groups in total. The third-order valence-electron chi connectivity index (χ3n) is 3.14. The van der Waals surface area contributed by atoms with Crippen LogP contribution in [0.1, 0.15) is 40.5 Å². The lowest BCUT2D eigenvalue weighted by atomic mass is 9.91. The van der Waals surface area contributed by atoms with Crippen LogP contribution in [0.15, 0.2) is 0 Å². The second-order valence-electron chi connectivity index (χ2n) is 5.21. The van der Waals surface area contributed by atoms with Gasteiger partial charge in [0, 0.05) is 19.1 Å². The summed E-state index contributed by atoms with van der Waals surface area (Å²) in [4.78, 5) is 2.41. The van der Waals surface area contributed by atoms with E-state index in [9.17, 15) is 5.11 Å². The molecular weight excluding hydrogens is 190 g/mol. The highest BCUT2D eigenvalue weighted by Gasteiger charge is 2.33. The summed E-state index contributed by atoms with van der Waals surface area (Å²) in [7, 11) is 0. The van der Waals surface area contributed by atoms with Crippen LogP contribution in [0.2, 0.25) is 0 Å². The summed E-state index contributed by atoms with van der Waals surface area (Å²) < 4.78 is 5.51. The van der Waals surface area contributed by atoms with Gasteiger partial charge in [-0.25, -0.2) is 0 Å². The minimum Gasteiger partial charge on any atom is -0.387 e. The van der Waals surface area contributed by atoms with Crippen molar-refractivity contribution in [2.75, 3.05) is 19.7 Å². The molecule has 0 aromatic carbocycles. The smallest absolute Gasteiger partial charge is 0.0904 e. The Bertz CT molecular complexity index is 184. The highest BCUT2D eigenvalue weighted by Crippen LogP contribution is 2.24. The Labute approximate surface area is 93.4 Å². The van der Waals surface area contributed by atoms with Gasteiger partial charge in [-0.3, -0.25) is 0 Å². The van der Waals surface area contributed by atoms with Crippen molar-refractivity contribution in [3.63, 3.8) is 0 Å². The van der Waals surface area contributed by atoms with E-state index in [1.54, 1.807) is 0 Å². The zero-order chi connectivity index (χ0) is 11.5. The van der Waals surface area contributed by atoms with Crippen LogP contribution in [0.25, 0.3) is 0 Å². The van der Waals surface area contributed by atoms with Crippen molar-refractivity contribution < 1.29 is 9.84 Å². The number of likely N-dealkylation sites (tertiary alicyclic amines) is 1. The normalized spacial score (nSPS) is 22.6. The second-order valence-corrected chi connectivity index (χ2v) is 5.21. The van der Waals surface area contributed by atoms with E-state index in [4.69, 9.17) is 4.74 Å². The van der Waals surface area contributed by atoms with Crippen LogP contribution < -0.4 is 0 Å². The number of ether oxygens (including phenoxy) is 1. The van der Waals surface area contributed by atoms with Gasteiger partial charge in [0.05, 0.1) is 18.3 Å². The van der Waals surface area contributed by atoms with Crippen molar-refractivity contribution in [2.24, 2.45) is 0 Å². The van der Waals surface area contributed by atoms with E-state index in [1.807, 2.05) is 13.8 Å². The monoisotopic (exact) mass is 215 g/mol. The number of hydrogen-bond donors (Lipinski definition) is 1. The zero-order valence-electron chi connectivity index (χ0n) is 10.5. The highest BCUT2D eigenvalue weighted by molar-refractivity contribution is 4.86. The molecule has 0 spiro atoms. The molecule has 0 aliphatic carbocycles. The van der Waals surface area contributed by atoms with Gasteiger partial charge < -0.3 is 14.7 Å². The molecule has 0 amide bonds. The predicted octanol–water partition coefficient (Wildman–Crippen LogP) is 1.65. The molecular formula is C12H25NO2. The van der Waals surface area contributed by atoms with Crippen molar-refractivity contribution in [1.82, 2.24) is 4.90 Å². The first-order valence-electron chi connectivity index (χ1n) is 6.01. The number of hydrogen-bond acceptors (Lipinski definition) is 3. The molecule has 0 atom stereocenters. The minimum atomic E-state index is -0.588. The number of nitrogens with zero attached hydrogens (tertiary/aromatic N) is 1. The summed E-state index contributed by atoms with van der Waals surface area (Å²) in [6.45, 7) is 10.9. The topological polar surface area (TPSA) is 32.7 Å². The molecule has 0 saturated carbocycles. The summed E-state index contributed by atoms with van der Waals surface area (Å²) in [5, 5.41) is 10.3. The maximum Gasteiger partial charge on any atom is 0.0904 e. The van der Waals surface area contributed by atoms with Gasteiger partial charge in [0.25, 0.3) is 0 Å². The maximum atomic E-state index is 10.3. The van der Waals surface area contributed by atoms with Crippen LogP contribution in [-0.4, -0.2) is 47.4 Å². The van der Waals surface area contributed by atoms with Gasteiger partial charge in [0.1, 0.15) is 0 Å². The van der Waals surface area contributed by atoms with E-state index in [-0.39, 0.29) is 6.10 Å². The van der Waals surface area contributed by atoms with E-state index < -0.39 is 5.60 Å². The predicted molar refractivity (Wildman–Crippen MR) is 62.0 cm³/mol. The molecule has 1 aliphatic heterocycles. The fourth-order valence-electron chi connectivity index (χ4n) is 1.92. The van der Waals surface area contributed by atoms with E-state index in [2.05, 4.69) is 18.7 Å². The van der Waals surface area contributed by atoms with Gasteiger partial charge in [-0.2, -0.15) is 0 Å². The molecule has 0 bridgehead atoms. The highest BCUT2D eigenvalue weighted by atomic mass is 16.5. The number of aliphatic hydroxyl groups is 1. The molecule has 0 radical (unpaired) electrons. The number of rotatable bonds is 4. The second kappa shape index (κ2) is 5.28. The zero-order valence-corrected chi connectivity index (χ0v) is 10.5. The first-order chi connectivity index (χ1) is 6.93. The Morgan fingerprint density at radius 3 is 2.13 bits per heavy atom. The Morgan fingerprint density at radius 2 is 1.73 bits per heavy atom. The van der Waals surface area contributed by atoms with Gasteiger partial charge in [-0.1, -0.05) is 0 Å². The Hall–Kier alpha value is -0.120. The van der Waals surface area contributed by atoms with Crippen LogP contribution >= 0.6 is 0 Å². The molecule has 1 rings (SSSR count). The molecule has 1 fully saturated rings. The van der Waals surface area contributed by atoms with Crippen LogP contribution in [0.5, 0.6) is 0 Å². The van der Waals surface area contributed by atoms with Crippen LogP contribution in [-0.2, 0) is 4.74 Å². The van der Waals surface area contributed by atoms with E-state index in [1.165, 1.54) is 0 Å². The molecule has 90 valence electrons. The van der Waals surface area contributed by atoms with Crippen LogP contribution in [0.3, 0.4) is 0 Å². The summed E-state index contributed by atoms with van der Waals surface area (Å²) in [5.74, 6) is 0. The summed E-state index contributed by atoms with van der Waals surface area (Å²) >= 11 is 0. The summed E-state index contributed by atoms with van der Waals surface area (Å²) in [6.07, 6.45) is 1.87. The lowest BCUT2D eigenvalue weighted by Gasteiger charge is -2.40. The average Bonchev–Trinajstić information content (AvgIpc) is 2.16. The SMILES string of the molecule is CC(C)OCC1(O)CCN(C(C)C)CC1. The molecule has 1 saturated heterocycles. The van der Waals surface area contributed by atoms with Crippen molar-refractivity contribution >= 4 is 0 Å². The molecule has 3 heteroatoms. The Morgan fingerprint density at radius 1 is 1.20 bits per heavy atom. The van der Waals surface area contributed by atoms with E-state index in [0.29, 0.717) is 12.6 Å². The third kappa shape index (κ3) is 4.09.